The molecule has 0 aromatic heterocycles. The zero-order valence-electron chi connectivity index (χ0n) is 10.8. The number of benzene rings is 1. The molecule has 0 saturated carbocycles. The van der Waals surface area contributed by atoms with Gasteiger partial charge in [0.2, 0.25) is 5.91 Å². The number of hydrogen-bond acceptors (Lipinski definition) is 3. The summed E-state index contributed by atoms with van der Waals surface area (Å²) in [7, 11) is 0. The van der Waals surface area contributed by atoms with Crippen LogP contribution in [0.2, 0.25) is 0 Å². The van der Waals surface area contributed by atoms with E-state index in [0.717, 1.165) is 10.2 Å². The molecular weight excluding hydrogens is 306 g/mol. The normalized spacial score (nSPS) is 14.6. The molecule has 0 spiro atoms. The van der Waals surface area contributed by atoms with Crippen molar-refractivity contribution < 1.29 is 4.79 Å². The summed E-state index contributed by atoms with van der Waals surface area (Å²) in [5, 5.41) is 12.3. The Hall–Kier alpha value is -1.80. The molecular formula is C14H14BrN3O. The smallest absolute Gasteiger partial charge is 0.248 e. The number of amides is 1. The van der Waals surface area contributed by atoms with E-state index in [9.17, 15) is 4.79 Å². The first kappa shape index (κ1) is 13.6. The van der Waals surface area contributed by atoms with Crippen LogP contribution in [0.5, 0.6) is 0 Å². The summed E-state index contributed by atoms with van der Waals surface area (Å²) < 4.78 is 0.808. The van der Waals surface area contributed by atoms with E-state index in [-0.39, 0.29) is 11.9 Å². The second-order valence-electron chi connectivity index (χ2n) is 4.63. The number of carbonyl (C=O) groups excluding carboxylic acids is 1. The van der Waals surface area contributed by atoms with E-state index in [0.29, 0.717) is 17.8 Å². The lowest BCUT2D eigenvalue weighted by Crippen LogP contribution is -2.33. The summed E-state index contributed by atoms with van der Waals surface area (Å²) in [6.07, 6.45) is 1.58. The van der Waals surface area contributed by atoms with E-state index in [1.807, 2.05) is 26.0 Å². The molecule has 1 heterocycles. The molecule has 1 aliphatic heterocycles. The maximum atomic E-state index is 11.8. The molecule has 1 aliphatic rings. The van der Waals surface area contributed by atoms with Gasteiger partial charge in [-0.1, -0.05) is 6.07 Å². The van der Waals surface area contributed by atoms with Gasteiger partial charge in [0.1, 0.15) is 6.07 Å². The first-order valence-electron chi connectivity index (χ1n) is 5.99. The summed E-state index contributed by atoms with van der Waals surface area (Å²) in [5.41, 5.74) is 2.06. The molecule has 0 saturated heterocycles. The number of halogens is 1. The van der Waals surface area contributed by atoms with Crippen LogP contribution in [-0.2, 0) is 4.79 Å². The van der Waals surface area contributed by atoms with Crippen LogP contribution in [0.4, 0.5) is 5.69 Å². The van der Waals surface area contributed by atoms with Gasteiger partial charge in [0.05, 0.1) is 17.8 Å². The van der Waals surface area contributed by atoms with Crippen LogP contribution >= 0.6 is 15.9 Å². The lowest BCUT2D eigenvalue weighted by Gasteiger charge is -2.21. The number of nitrogens with one attached hydrogen (secondary N) is 1. The molecule has 1 aromatic rings. The Balaban J connectivity index is 2.23. The minimum atomic E-state index is 0.00283. The minimum Gasteiger partial charge on any atom is -0.355 e. The van der Waals surface area contributed by atoms with Gasteiger partial charge < -0.3 is 10.2 Å². The van der Waals surface area contributed by atoms with Crippen LogP contribution in [0.3, 0.4) is 0 Å². The van der Waals surface area contributed by atoms with Crippen molar-refractivity contribution in [2.24, 2.45) is 0 Å². The summed E-state index contributed by atoms with van der Waals surface area (Å²) in [5.74, 6) is 0.00283. The summed E-state index contributed by atoms with van der Waals surface area (Å²) in [4.78, 5) is 13.6. The molecule has 4 nitrogen and oxygen atoms in total. The Kier molecular flexibility index (Phi) is 3.91. The van der Waals surface area contributed by atoms with E-state index < -0.39 is 0 Å². The molecule has 1 amide bonds. The lowest BCUT2D eigenvalue weighted by molar-refractivity contribution is -0.125. The van der Waals surface area contributed by atoms with Crippen LogP contribution in [0, 0.1) is 11.3 Å². The van der Waals surface area contributed by atoms with Crippen LogP contribution in [0.15, 0.2) is 34.4 Å². The van der Waals surface area contributed by atoms with Crippen molar-refractivity contribution in [2.75, 3.05) is 11.9 Å². The minimum absolute atomic E-state index is 0.00283. The van der Waals surface area contributed by atoms with Crippen molar-refractivity contribution in [3.63, 3.8) is 0 Å². The maximum Gasteiger partial charge on any atom is 0.248 e. The van der Waals surface area contributed by atoms with Crippen LogP contribution < -0.4 is 5.32 Å². The van der Waals surface area contributed by atoms with Crippen LogP contribution in [0.1, 0.15) is 19.4 Å². The number of carbonyl (C=O) groups is 1. The second kappa shape index (κ2) is 5.45. The number of nitriles is 1. The molecule has 0 bridgehead atoms. The monoisotopic (exact) mass is 319 g/mol. The zero-order chi connectivity index (χ0) is 14.0. The molecule has 1 aromatic carbocycles. The number of para-hydroxylation sites is 1. The Bertz CT molecular complexity index is 587. The number of nitrogens with zero attached hydrogens (tertiary/aromatic N) is 2. The molecule has 0 radical (unpaired) electrons. The van der Waals surface area contributed by atoms with Gasteiger partial charge in [0.15, 0.2) is 0 Å². The van der Waals surface area contributed by atoms with E-state index >= 15 is 0 Å². The molecule has 0 aliphatic carbocycles. The Morgan fingerprint density at radius 3 is 2.79 bits per heavy atom. The van der Waals surface area contributed by atoms with Gasteiger partial charge in [0, 0.05) is 22.3 Å². The predicted octanol–water partition coefficient (Wildman–Crippen LogP) is 2.87. The highest BCUT2D eigenvalue weighted by Crippen LogP contribution is 2.28. The maximum absolute atomic E-state index is 11.8. The fourth-order valence-electron chi connectivity index (χ4n) is 1.96. The average molecular weight is 320 g/mol. The topological polar surface area (TPSA) is 56.1 Å². The number of anilines is 1. The fourth-order valence-corrected chi connectivity index (χ4v) is 2.42. The average Bonchev–Trinajstić information content (AvgIpc) is 2.73. The van der Waals surface area contributed by atoms with Gasteiger partial charge in [-0.15, -0.1) is 0 Å². The van der Waals surface area contributed by atoms with Gasteiger partial charge in [0.25, 0.3) is 0 Å². The molecule has 98 valence electrons. The Morgan fingerprint density at radius 2 is 2.21 bits per heavy atom. The third-order valence-corrected chi connectivity index (χ3v) is 3.63. The third-order valence-electron chi connectivity index (χ3n) is 2.96. The molecule has 5 heteroatoms. The van der Waals surface area contributed by atoms with E-state index in [2.05, 4.69) is 27.3 Å². The van der Waals surface area contributed by atoms with Gasteiger partial charge in [-0.25, -0.2) is 0 Å². The molecule has 2 rings (SSSR count). The fraction of sp³-hybridized carbons (Fsp3) is 0.286. The van der Waals surface area contributed by atoms with E-state index in [1.165, 1.54) is 0 Å². The third kappa shape index (κ3) is 2.79. The molecule has 19 heavy (non-hydrogen) atoms. The Labute approximate surface area is 120 Å². The molecule has 1 N–H and O–H groups in total. The summed E-state index contributed by atoms with van der Waals surface area (Å²) in [6, 6.07) is 7.71. The van der Waals surface area contributed by atoms with E-state index in [1.54, 1.807) is 17.0 Å². The number of hydrogen-bond donors (Lipinski definition) is 1. The summed E-state index contributed by atoms with van der Waals surface area (Å²) in [6.45, 7) is 4.50. The lowest BCUT2D eigenvalue weighted by atomic mass is 10.2. The highest BCUT2D eigenvalue weighted by molar-refractivity contribution is 9.10. The highest BCUT2D eigenvalue weighted by atomic mass is 79.9. The highest BCUT2D eigenvalue weighted by Gasteiger charge is 2.24. The van der Waals surface area contributed by atoms with Crippen molar-refractivity contribution in [3.05, 3.63) is 40.0 Å². The van der Waals surface area contributed by atoms with Gasteiger partial charge in [-0.3, -0.25) is 4.79 Å². The SMILES string of the molecule is CC(C)N1CC(Nc2c(Br)cccc2C#N)=CC1=O. The zero-order valence-corrected chi connectivity index (χ0v) is 12.4. The van der Waals surface area contributed by atoms with Crippen molar-refractivity contribution >= 4 is 27.5 Å². The van der Waals surface area contributed by atoms with Crippen molar-refractivity contribution in [1.29, 1.82) is 5.26 Å². The molecule has 0 atom stereocenters. The van der Waals surface area contributed by atoms with Crippen molar-refractivity contribution in [1.82, 2.24) is 4.90 Å². The van der Waals surface area contributed by atoms with Crippen LogP contribution in [0.25, 0.3) is 0 Å². The van der Waals surface area contributed by atoms with Gasteiger partial charge in [-0.05, 0) is 41.9 Å². The predicted molar refractivity (Wildman–Crippen MR) is 77.4 cm³/mol. The van der Waals surface area contributed by atoms with Crippen LogP contribution in [-0.4, -0.2) is 23.4 Å². The van der Waals surface area contributed by atoms with E-state index in [4.69, 9.17) is 5.26 Å². The second-order valence-corrected chi connectivity index (χ2v) is 5.48. The largest absolute Gasteiger partial charge is 0.355 e. The quantitative estimate of drug-likeness (QED) is 0.932. The molecule has 0 unspecified atom stereocenters. The summed E-state index contributed by atoms with van der Waals surface area (Å²) >= 11 is 3.42. The standard InChI is InChI=1S/C14H14BrN3O/c1-9(2)18-8-11(6-13(18)19)17-14-10(7-16)4-3-5-12(14)15/h3-6,9,17H,8H2,1-2H3. The first-order chi connectivity index (χ1) is 9.02. The van der Waals surface area contributed by atoms with Crippen molar-refractivity contribution in [2.45, 2.75) is 19.9 Å². The first-order valence-corrected chi connectivity index (χ1v) is 6.79. The number of rotatable bonds is 3. The van der Waals surface area contributed by atoms with Gasteiger partial charge in [-0.2, -0.15) is 5.26 Å². The molecule has 0 fully saturated rings. The Morgan fingerprint density at radius 1 is 1.47 bits per heavy atom. The van der Waals surface area contributed by atoms with Crippen molar-refractivity contribution in [3.8, 4) is 6.07 Å². The van der Waals surface area contributed by atoms with Gasteiger partial charge >= 0.3 is 0 Å².